The first kappa shape index (κ1) is 15.8. The monoisotopic (exact) mass is 391 g/mol. The van der Waals surface area contributed by atoms with E-state index < -0.39 is 16.0 Å². The highest BCUT2D eigenvalue weighted by Gasteiger charge is 2.23. The van der Waals surface area contributed by atoms with E-state index in [0.717, 1.165) is 11.3 Å². The van der Waals surface area contributed by atoms with Crippen LogP contribution in [-0.2, 0) is 10.0 Å². The Hall–Kier alpha value is -1.58. The Kier molecular flexibility index (Phi) is 4.55. The number of hydrogen-bond donors (Lipinski definition) is 2. The van der Waals surface area contributed by atoms with Crippen LogP contribution in [0.15, 0.2) is 39.0 Å². The number of hydrogen-bond acceptors (Lipinski definition) is 5. The van der Waals surface area contributed by atoms with Crippen molar-refractivity contribution >= 4 is 48.9 Å². The van der Waals surface area contributed by atoms with Gasteiger partial charge in [-0.3, -0.25) is 4.72 Å². The first-order valence-corrected chi connectivity index (χ1v) is 8.68. The van der Waals surface area contributed by atoms with Crippen LogP contribution in [0.25, 0.3) is 0 Å². The van der Waals surface area contributed by atoms with Crippen LogP contribution in [0.5, 0.6) is 5.75 Å². The Morgan fingerprint density at radius 3 is 2.71 bits per heavy atom. The molecule has 1 heterocycles. The average molecular weight is 392 g/mol. The molecular formula is C12H10BrNO5S2. The first-order valence-electron chi connectivity index (χ1n) is 5.52. The summed E-state index contributed by atoms with van der Waals surface area (Å²) >= 11 is 4.13. The van der Waals surface area contributed by atoms with E-state index in [1.165, 1.54) is 30.7 Å². The molecule has 1 aromatic carbocycles. The van der Waals surface area contributed by atoms with Crippen LogP contribution < -0.4 is 9.46 Å². The van der Waals surface area contributed by atoms with Crippen molar-refractivity contribution in [2.24, 2.45) is 0 Å². The van der Waals surface area contributed by atoms with Gasteiger partial charge in [-0.2, -0.15) is 0 Å². The third-order valence-corrected chi connectivity index (χ3v) is 5.30. The summed E-state index contributed by atoms with van der Waals surface area (Å²) in [6.45, 7) is 0. The molecule has 2 N–H and O–H groups in total. The third kappa shape index (κ3) is 3.36. The van der Waals surface area contributed by atoms with E-state index in [1.54, 1.807) is 6.07 Å². The van der Waals surface area contributed by atoms with Crippen molar-refractivity contribution < 1.29 is 23.1 Å². The summed E-state index contributed by atoms with van der Waals surface area (Å²) in [6, 6.07) is 5.93. The summed E-state index contributed by atoms with van der Waals surface area (Å²) in [6.07, 6.45) is 0. The van der Waals surface area contributed by atoms with E-state index in [4.69, 9.17) is 9.84 Å². The van der Waals surface area contributed by atoms with Gasteiger partial charge in [-0.05, 0) is 29.6 Å². The highest BCUT2D eigenvalue weighted by molar-refractivity contribution is 9.10. The summed E-state index contributed by atoms with van der Waals surface area (Å²) in [7, 11) is -2.61. The van der Waals surface area contributed by atoms with Crippen molar-refractivity contribution in [1.82, 2.24) is 0 Å². The minimum atomic E-state index is -3.97. The van der Waals surface area contributed by atoms with Crippen LogP contribution in [0.3, 0.4) is 0 Å². The summed E-state index contributed by atoms with van der Waals surface area (Å²) in [5, 5.41) is 10.5. The molecule has 0 bridgehead atoms. The second-order valence-corrected chi connectivity index (χ2v) is 7.35. The van der Waals surface area contributed by atoms with Crippen LogP contribution in [-0.4, -0.2) is 26.6 Å². The Labute approximate surface area is 133 Å². The lowest BCUT2D eigenvalue weighted by molar-refractivity contribution is 0.0703. The normalized spacial score (nSPS) is 11.1. The molecule has 2 rings (SSSR count). The molecule has 0 radical (unpaired) electrons. The fraction of sp³-hybridized carbons (Fsp3) is 0.0833. The SMILES string of the molecule is COc1ccc(Br)cc1S(=O)(=O)Nc1ccsc1C(=O)O. The van der Waals surface area contributed by atoms with Crippen molar-refractivity contribution in [2.75, 3.05) is 11.8 Å². The molecule has 0 aliphatic heterocycles. The molecule has 1 aromatic heterocycles. The van der Waals surface area contributed by atoms with Crippen LogP contribution >= 0.6 is 27.3 Å². The molecule has 0 saturated carbocycles. The standard InChI is InChI=1S/C12H10BrNO5S2/c1-19-9-3-2-7(13)6-10(9)21(17,18)14-8-4-5-20-11(8)12(15)16/h2-6,14H,1H3,(H,15,16). The van der Waals surface area contributed by atoms with Crippen molar-refractivity contribution in [3.63, 3.8) is 0 Å². The number of rotatable bonds is 5. The number of carboxylic acid groups (broad SMARTS) is 1. The van der Waals surface area contributed by atoms with Crippen molar-refractivity contribution in [3.05, 3.63) is 39.0 Å². The number of methoxy groups -OCH3 is 1. The molecule has 0 fully saturated rings. The van der Waals surface area contributed by atoms with E-state index in [-0.39, 0.29) is 21.2 Å². The van der Waals surface area contributed by atoms with Gasteiger partial charge in [-0.25, -0.2) is 13.2 Å². The predicted octanol–water partition coefficient (Wildman–Crippen LogP) is 3.02. The highest BCUT2D eigenvalue weighted by atomic mass is 79.9. The summed E-state index contributed by atoms with van der Waals surface area (Å²) < 4.78 is 32.7. The zero-order valence-electron chi connectivity index (χ0n) is 10.7. The second-order valence-electron chi connectivity index (χ2n) is 3.87. The quantitative estimate of drug-likeness (QED) is 0.816. The molecule has 0 aliphatic carbocycles. The van der Waals surface area contributed by atoms with E-state index in [2.05, 4.69) is 20.7 Å². The third-order valence-electron chi connectivity index (χ3n) is 2.52. The van der Waals surface area contributed by atoms with Gasteiger partial charge in [0.2, 0.25) is 0 Å². The van der Waals surface area contributed by atoms with E-state index in [0.29, 0.717) is 4.47 Å². The Morgan fingerprint density at radius 2 is 2.10 bits per heavy atom. The number of nitrogens with one attached hydrogen (secondary N) is 1. The van der Waals surface area contributed by atoms with Gasteiger partial charge in [0.1, 0.15) is 15.5 Å². The maximum absolute atomic E-state index is 12.4. The molecule has 0 spiro atoms. The number of sulfonamides is 1. The molecule has 2 aromatic rings. The van der Waals surface area contributed by atoms with Gasteiger partial charge >= 0.3 is 5.97 Å². The number of carbonyl (C=O) groups is 1. The Bertz CT molecular complexity index is 785. The lowest BCUT2D eigenvalue weighted by atomic mass is 10.3. The lowest BCUT2D eigenvalue weighted by Crippen LogP contribution is -2.15. The first-order chi connectivity index (χ1) is 9.85. The largest absolute Gasteiger partial charge is 0.495 e. The molecule has 0 aliphatic rings. The number of benzene rings is 1. The minimum Gasteiger partial charge on any atom is -0.495 e. The molecule has 112 valence electrons. The van der Waals surface area contributed by atoms with Gasteiger partial charge in [0.15, 0.2) is 0 Å². The predicted molar refractivity (Wildman–Crippen MR) is 82.8 cm³/mol. The molecule has 6 nitrogen and oxygen atoms in total. The molecule has 9 heteroatoms. The van der Waals surface area contributed by atoms with Gasteiger partial charge in [-0.15, -0.1) is 11.3 Å². The molecular weight excluding hydrogens is 382 g/mol. The van der Waals surface area contributed by atoms with Gasteiger partial charge in [0, 0.05) is 4.47 Å². The number of carboxylic acids is 1. The number of anilines is 1. The summed E-state index contributed by atoms with van der Waals surface area (Å²) in [5.41, 5.74) is 0.0227. The van der Waals surface area contributed by atoms with Crippen molar-refractivity contribution in [3.8, 4) is 5.75 Å². The van der Waals surface area contributed by atoms with Crippen molar-refractivity contribution in [1.29, 1.82) is 0 Å². The Balaban J connectivity index is 2.46. The topological polar surface area (TPSA) is 92.7 Å². The zero-order valence-corrected chi connectivity index (χ0v) is 13.9. The molecule has 21 heavy (non-hydrogen) atoms. The van der Waals surface area contributed by atoms with Crippen molar-refractivity contribution in [2.45, 2.75) is 4.90 Å². The van der Waals surface area contributed by atoms with Crippen LogP contribution in [0.2, 0.25) is 0 Å². The zero-order chi connectivity index (χ0) is 15.6. The van der Waals surface area contributed by atoms with Gasteiger partial charge in [0.05, 0.1) is 12.8 Å². The van der Waals surface area contributed by atoms with Gasteiger partial charge in [0.25, 0.3) is 10.0 Å². The average Bonchev–Trinajstić information content (AvgIpc) is 2.86. The summed E-state index contributed by atoms with van der Waals surface area (Å²) in [4.78, 5) is 10.9. The molecule has 0 amide bonds. The Morgan fingerprint density at radius 1 is 1.38 bits per heavy atom. The molecule has 0 atom stereocenters. The van der Waals surface area contributed by atoms with Crippen LogP contribution in [0, 0.1) is 0 Å². The number of aromatic carboxylic acids is 1. The van der Waals surface area contributed by atoms with Gasteiger partial charge < -0.3 is 9.84 Å². The lowest BCUT2D eigenvalue weighted by Gasteiger charge is -2.11. The maximum Gasteiger partial charge on any atom is 0.348 e. The van der Waals surface area contributed by atoms with Crippen LogP contribution in [0.4, 0.5) is 5.69 Å². The summed E-state index contributed by atoms with van der Waals surface area (Å²) in [5.74, 6) is -1.03. The van der Waals surface area contributed by atoms with Crippen LogP contribution in [0.1, 0.15) is 9.67 Å². The van der Waals surface area contributed by atoms with E-state index in [9.17, 15) is 13.2 Å². The van der Waals surface area contributed by atoms with E-state index >= 15 is 0 Å². The maximum atomic E-state index is 12.4. The number of ether oxygens (including phenoxy) is 1. The molecule has 0 saturated heterocycles. The highest BCUT2D eigenvalue weighted by Crippen LogP contribution is 2.31. The van der Waals surface area contributed by atoms with Gasteiger partial charge in [-0.1, -0.05) is 15.9 Å². The number of halogens is 1. The second kappa shape index (κ2) is 6.04. The van der Waals surface area contributed by atoms with E-state index in [1.807, 2.05) is 0 Å². The number of thiophene rings is 1. The fourth-order valence-corrected chi connectivity index (χ4v) is 4.15. The smallest absolute Gasteiger partial charge is 0.348 e. The fourth-order valence-electron chi connectivity index (χ4n) is 1.62. The minimum absolute atomic E-state index is 0.0227. The molecule has 0 unspecified atom stereocenters.